The van der Waals surface area contributed by atoms with Gasteiger partial charge in [0, 0.05) is 11.3 Å². The molecule has 27 heavy (non-hydrogen) atoms. The van der Waals surface area contributed by atoms with E-state index in [9.17, 15) is 4.39 Å². The molecule has 0 spiro atoms. The minimum absolute atomic E-state index is 0.233. The van der Waals surface area contributed by atoms with E-state index in [0.717, 1.165) is 42.8 Å². The van der Waals surface area contributed by atoms with Gasteiger partial charge in [-0.05, 0) is 36.8 Å². The molecule has 0 atom stereocenters. The number of methoxy groups -OCH3 is 1. The molecule has 2 heterocycles. The number of hydrogen-bond donors (Lipinski definition) is 0. The average molecular weight is 398 g/mol. The lowest BCUT2D eigenvalue weighted by Gasteiger charge is -2.07. The third-order valence-electron chi connectivity index (χ3n) is 4.02. The summed E-state index contributed by atoms with van der Waals surface area (Å²) in [6.07, 6.45) is 0. The first-order chi connectivity index (χ1) is 13.1. The number of benzene rings is 2. The van der Waals surface area contributed by atoms with Crippen LogP contribution in [-0.2, 0) is 5.75 Å². The highest BCUT2D eigenvalue weighted by atomic mass is 32.2. The largest absolute Gasteiger partial charge is 0.497 e. The van der Waals surface area contributed by atoms with Crippen LogP contribution in [0.5, 0.6) is 5.75 Å². The van der Waals surface area contributed by atoms with Crippen molar-refractivity contribution in [3.63, 3.8) is 0 Å². The molecule has 0 saturated heterocycles. The van der Waals surface area contributed by atoms with Gasteiger partial charge in [0.1, 0.15) is 27.8 Å². The van der Waals surface area contributed by atoms with Gasteiger partial charge in [-0.1, -0.05) is 36.0 Å². The Morgan fingerprint density at radius 1 is 1.11 bits per heavy atom. The molecule has 136 valence electrons. The van der Waals surface area contributed by atoms with Crippen LogP contribution in [0.1, 0.15) is 10.6 Å². The van der Waals surface area contributed by atoms with Crippen molar-refractivity contribution in [1.82, 2.24) is 15.2 Å². The van der Waals surface area contributed by atoms with Crippen molar-refractivity contribution < 1.29 is 9.13 Å². The van der Waals surface area contributed by atoms with Crippen LogP contribution < -0.4 is 4.74 Å². The molecule has 0 N–H and O–H groups in total. The van der Waals surface area contributed by atoms with E-state index in [2.05, 4.69) is 15.2 Å². The highest BCUT2D eigenvalue weighted by molar-refractivity contribution is 7.98. The van der Waals surface area contributed by atoms with Crippen LogP contribution >= 0.6 is 23.1 Å². The number of hydrogen-bond acceptors (Lipinski definition) is 6. The fourth-order valence-electron chi connectivity index (χ4n) is 2.71. The van der Waals surface area contributed by atoms with Gasteiger partial charge in [-0.15, -0.1) is 21.5 Å². The van der Waals surface area contributed by atoms with Gasteiger partial charge >= 0.3 is 0 Å². The van der Waals surface area contributed by atoms with Crippen LogP contribution in [0, 0.1) is 12.7 Å². The number of ether oxygens (including phenoxy) is 1. The smallest absolute Gasteiger partial charge is 0.146 e. The molecule has 0 bridgehead atoms. The molecule has 0 aliphatic carbocycles. The molecule has 4 aromatic rings. The van der Waals surface area contributed by atoms with Crippen LogP contribution in [0.3, 0.4) is 0 Å². The highest BCUT2D eigenvalue weighted by Crippen LogP contribution is 2.36. The van der Waals surface area contributed by atoms with Crippen molar-refractivity contribution in [3.8, 4) is 17.0 Å². The number of aromatic nitrogens is 3. The second-order valence-corrected chi connectivity index (χ2v) is 8.08. The maximum Gasteiger partial charge on any atom is 0.146 e. The predicted octanol–water partition coefficient (Wildman–Crippen LogP) is 5.50. The molecule has 0 amide bonds. The van der Waals surface area contributed by atoms with E-state index in [1.807, 2.05) is 31.2 Å². The molecular weight excluding hydrogens is 381 g/mol. The highest BCUT2D eigenvalue weighted by Gasteiger charge is 2.16. The third kappa shape index (κ3) is 3.79. The van der Waals surface area contributed by atoms with Gasteiger partial charge in [0.25, 0.3) is 0 Å². The standard InChI is InChI=1S/C20H16FN3OS2/c1-12-22-18-19(27-12)17(14-4-3-5-16(10-14)25-2)23-24-20(18)26-11-13-6-8-15(21)9-7-13/h3-10H,11H2,1-2H3. The Morgan fingerprint density at radius 2 is 1.93 bits per heavy atom. The zero-order valence-corrected chi connectivity index (χ0v) is 16.4. The number of fused-ring (bicyclic) bond motifs is 1. The second kappa shape index (κ2) is 7.62. The zero-order chi connectivity index (χ0) is 18.8. The molecule has 2 aromatic carbocycles. The molecule has 0 radical (unpaired) electrons. The van der Waals surface area contributed by atoms with Gasteiger partial charge in [-0.2, -0.15) is 0 Å². The summed E-state index contributed by atoms with van der Waals surface area (Å²) < 4.78 is 19.4. The normalized spacial score (nSPS) is 11.1. The summed E-state index contributed by atoms with van der Waals surface area (Å²) in [4.78, 5) is 4.67. The van der Waals surface area contributed by atoms with Gasteiger partial charge in [0.05, 0.1) is 16.8 Å². The fraction of sp³-hybridized carbons (Fsp3) is 0.150. The molecule has 0 saturated carbocycles. The number of halogens is 1. The molecule has 0 unspecified atom stereocenters. The van der Waals surface area contributed by atoms with Gasteiger partial charge in [-0.3, -0.25) is 0 Å². The first-order valence-corrected chi connectivity index (χ1v) is 10.1. The Labute approximate surface area is 164 Å². The van der Waals surface area contributed by atoms with E-state index in [-0.39, 0.29) is 5.82 Å². The van der Waals surface area contributed by atoms with E-state index >= 15 is 0 Å². The average Bonchev–Trinajstić information content (AvgIpc) is 3.09. The van der Waals surface area contributed by atoms with Crippen LogP contribution in [0.25, 0.3) is 21.5 Å². The minimum Gasteiger partial charge on any atom is -0.497 e. The maximum atomic E-state index is 13.1. The molecule has 4 rings (SSSR count). The van der Waals surface area contributed by atoms with Crippen molar-refractivity contribution in [2.75, 3.05) is 7.11 Å². The summed E-state index contributed by atoms with van der Waals surface area (Å²) in [5.74, 6) is 1.22. The van der Waals surface area contributed by atoms with Crippen molar-refractivity contribution in [1.29, 1.82) is 0 Å². The topological polar surface area (TPSA) is 47.9 Å². The van der Waals surface area contributed by atoms with Gasteiger partial charge in [0.15, 0.2) is 0 Å². The Balaban J connectivity index is 1.70. The predicted molar refractivity (Wildman–Crippen MR) is 108 cm³/mol. The van der Waals surface area contributed by atoms with Crippen molar-refractivity contribution in [3.05, 3.63) is 64.9 Å². The van der Waals surface area contributed by atoms with Gasteiger partial charge in [0.2, 0.25) is 0 Å². The summed E-state index contributed by atoms with van der Waals surface area (Å²) in [6, 6.07) is 14.3. The molecular formula is C20H16FN3OS2. The number of thiazole rings is 1. The summed E-state index contributed by atoms with van der Waals surface area (Å²) in [6.45, 7) is 1.98. The number of thioether (sulfide) groups is 1. The Morgan fingerprint density at radius 3 is 2.70 bits per heavy atom. The Kier molecular flexibility index (Phi) is 5.05. The van der Waals surface area contributed by atoms with Crippen LogP contribution in [0.15, 0.2) is 53.6 Å². The van der Waals surface area contributed by atoms with Crippen LogP contribution in [0.4, 0.5) is 4.39 Å². The van der Waals surface area contributed by atoms with E-state index in [1.165, 1.54) is 12.1 Å². The molecule has 0 aliphatic heterocycles. The number of rotatable bonds is 5. The Bertz CT molecular complexity index is 1100. The van der Waals surface area contributed by atoms with Crippen molar-refractivity contribution >= 4 is 33.3 Å². The van der Waals surface area contributed by atoms with E-state index < -0.39 is 0 Å². The van der Waals surface area contributed by atoms with Gasteiger partial charge in [-0.25, -0.2) is 9.37 Å². The zero-order valence-electron chi connectivity index (χ0n) is 14.8. The molecule has 0 fully saturated rings. The van der Waals surface area contributed by atoms with E-state index in [0.29, 0.717) is 5.75 Å². The van der Waals surface area contributed by atoms with Crippen LogP contribution in [-0.4, -0.2) is 22.3 Å². The lowest BCUT2D eigenvalue weighted by Crippen LogP contribution is -1.93. The Hall–Kier alpha value is -2.51. The van der Waals surface area contributed by atoms with Crippen LogP contribution in [0.2, 0.25) is 0 Å². The number of aryl methyl sites for hydroxylation is 1. The van der Waals surface area contributed by atoms with Crippen molar-refractivity contribution in [2.24, 2.45) is 0 Å². The lowest BCUT2D eigenvalue weighted by atomic mass is 10.1. The van der Waals surface area contributed by atoms with E-state index in [1.54, 1.807) is 42.3 Å². The van der Waals surface area contributed by atoms with Crippen molar-refractivity contribution in [2.45, 2.75) is 17.7 Å². The minimum atomic E-state index is -0.233. The van der Waals surface area contributed by atoms with E-state index in [4.69, 9.17) is 4.74 Å². The lowest BCUT2D eigenvalue weighted by molar-refractivity contribution is 0.415. The van der Waals surface area contributed by atoms with Gasteiger partial charge < -0.3 is 4.74 Å². The summed E-state index contributed by atoms with van der Waals surface area (Å²) in [5, 5.41) is 10.7. The second-order valence-electron chi connectivity index (χ2n) is 5.91. The first-order valence-electron chi connectivity index (χ1n) is 8.29. The number of nitrogens with zero attached hydrogens (tertiary/aromatic N) is 3. The third-order valence-corrected chi connectivity index (χ3v) is 6.03. The molecule has 2 aromatic heterocycles. The summed E-state index contributed by atoms with van der Waals surface area (Å²) >= 11 is 3.16. The quantitative estimate of drug-likeness (QED) is 0.416. The first kappa shape index (κ1) is 17.9. The maximum absolute atomic E-state index is 13.1. The summed E-state index contributed by atoms with van der Waals surface area (Å²) in [7, 11) is 1.65. The fourth-order valence-corrected chi connectivity index (χ4v) is 4.58. The SMILES string of the molecule is COc1cccc(-c2nnc(SCc3ccc(F)cc3)c3nc(C)sc23)c1. The molecule has 7 heteroatoms. The molecule has 4 nitrogen and oxygen atoms in total. The monoisotopic (exact) mass is 397 g/mol. The summed E-state index contributed by atoms with van der Waals surface area (Å²) in [5.41, 5.74) is 3.64. The molecule has 0 aliphatic rings.